The first-order valence-corrected chi connectivity index (χ1v) is 8.79. The zero-order valence-corrected chi connectivity index (χ0v) is 14.1. The molecule has 2 N–H and O–H groups in total. The minimum Gasteiger partial charge on any atom is -0.361 e. The first-order chi connectivity index (χ1) is 11.5. The summed E-state index contributed by atoms with van der Waals surface area (Å²) in [5.41, 5.74) is 6.38. The van der Waals surface area contributed by atoms with Crippen molar-refractivity contribution >= 4 is 17.6 Å². The van der Waals surface area contributed by atoms with Gasteiger partial charge in [-0.2, -0.15) is 0 Å². The highest BCUT2D eigenvalue weighted by atomic mass is 16.1. The van der Waals surface area contributed by atoms with E-state index in [0.717, 1.165) is 54.9 Å². The van der Waals surface area contributed by atoms with Crippen LogP contribution in [0.2, 0.25) is 0 Å². The third kappa shape index (κ3) is 1.60. The lowest BCUT2D eigenvalue weighted by Gasteiger charge is -2.28. The number of rotatable bonds is 1. The summed E-state index contributed by atoms with van der Waals surface area (Å²) in [6.07, 6.45) is 5.58. The summed E-state index contributed by atoms with van der Waals surface area (Å²) in [6, 6.07) is 4.08. The molecule has 24 heavy (non-hydrogen) atoms. The normalized spacial score (nSPS) is 29.1. The summed E-state index contributed by atoms with van der Waals surface area (Å²) in [7, 11) is 0. The highest BCUT2D eigenvalue weighted by Crippen LogP contribution is 2.46. The predicted molar refractivity (Wildman–Crippen MR) is 95.2 cm³/mol. The monoisotopic (exact) mass is 322 g/mol. The van der Waals surface area contributed by atoms with E-state index >= 15 is 0 Å². The highest BCUT2D eigenvalue weighted by Gasteiger charge is 2.41. The molecule has 5 heteroatoms. The number of allylic oxidation sites excluding steroid dienone is 2. The molecule has 1 atom stereocenters. The van der Waals surface area contributed by atoms with Gasteiger partial charge in [0.15, 0.2) is 0 Å². The van der Waals surface area contributed by atoms with Crippen LogP contribution in [0.4, 0.5) is 5.69 Å². The standard InChI is InChI=1S/C19H22N4O/c1-19(2)21-16-11-3-4-12(9-11)17-13(10-20)7-8-22(17)15-6-5-14(16)23(19)18(15)24/h5-6,10,12,20-21H,3-4,7-9H2,1-2H3/b16-11-,20-10?. The van der Waals surface area contributed by atoms with E-state index in [9.17, 15) is 4.79 Å². The molecule has 5 aliphatic rings. The summed E-state index contributed by atoms with van der Waals surface area (Å²) in [5, 5.41) is 11.4. The van der Waals surface area contributed by atoms with E-state index in [-0.39, 0.29) is 5.56 Å². The molecule has 0 amide bonds. The van der Waals surface area contributed by atoms with Crippen molar-refractivity contribution < 1.29 is 0 Å². The van der Waals surface area contributed by atoms with Gasteiger partial charge < -0.3 is 15.6 Å². The molecular formula is C19H22N4O. The Morgan fingerprint density at radius 2 is 2.17 bits per heavy atom. The number of pyridine rings is 1. The van der Waals surface area contributed by atoms with Crippen molar-refractivity contribution in [2.75, 3.05) is 11.4 Å². The van der Waals surface area contributed by atoms with Gasteiger partial charge in [-0.05, 0) is 62.8 Å². The van der Waals surface area contributed by atoms with Crippen LogP contribution in [0.5, 0.6) is 0 Å². The van der Waals surface area contributed by atoms with E-state index in [1.807, 2.05) is 10.6 Å². The Kier molecular flexibility index (Phi) is 2.58. The quantitative estimate of drug-likeness (QED) is 0.782. The van der Waals surface area contributed by atoms with E-state index in [2.05, 4.69) is 30.1 Å². The summed E-state index contributed by atoms with van der Waals surface area (Å²) in [5.74, 6) is 0.430. The van der Waals surface area contributed by atoms with Crippen molar-refractivity contribution in [3.05, 3.63) is 45.0 Å². The van der Waals surface area contributed by atoms with Crippen molar-refractivity contribution in [1.29, 1.82) is 5.41 Å². The van der Waals surface area contributed by atoms with E-state index in [0.29, 0.717) is 5.92 Å². The number of hydrogen-bond acceptors (Lipinski definition) is 4. The Labute approximate surface area is 141 Å². The van der Waals surface area contributed by atoms with Gasteiger partial charge in [-0.15, -0.1) is 0 Å². The fourth-order valence-corrected chi connectivity index (χ4v) is 5.02. The molecule has 1 saturated carbocycles. The Morgan fingerprint density at radius 3 is 2.96 bits per heavy atom. The first-order valence-electron chi connectivity index (χ1n) is 8.79. The van der Waals surface area contributed by atoms with E-state index in [1.54, 1.807) is 0 Å². The van der Waals surface area contributed by atoms with Gasteiger partial charge in [0.1, 0.15) is 11.4 Å². The molecule has 0 saturated heterocycles. The highest BCUT2D eigenvalue weighted by molar-refractivity contribution is 5.81. The van der Waals surface area contributed by atoms with Crippen LogP contribution in [-0.4, -0.2) is 17.3 Å². The maximum Gasteiger partial charge on any atom is 0.276 e. The molecule has 0 radical (unpaired) electrons. The summed E-state index contributed by atoms with van der Waals surface area (Å²) in [4.78, 5) is 15.5. The Balaban J connectivity index is 1.88. The number of anilines is 1. The largest absolute Gasteiger partial charge is 0.361 e. The van der Waals surface area contributed by atoms with Gasteiger partial charge in [-0.1, -0.05) is 0 Å². The van der Waals surface area contributed by atoms with Crippen LogP contribution in [0.1, 0.15) is 45.2 Å². The van der Waals surface area contributed by atoms with Gasteiger partial charge in [0, 0.05) is 24.4 Å². The Morgan fingerprint density at radius 1 is 1.33 bits per heavy atom. The number of nitrogens with zero attached hydrogens (tertiary/aromatic N) is 2. The van der Waals surface area contributed by atoms with Crippen LogP contribution in [0.3, 0.4) is 0 Å². The summed E-state index contributed by atoms with van der Waals surface area (Å²) < 4.78 is 1.92. The lowest BCUT2D eigenvalue weighted by atomic mass is 9.98. The second-order valence-electron chi connectivity index (χ2n) is 7.80. The van der Waals surface area contributed by atoms with E-state index < -0.39 is 5.66 Å². The molecule has 5 heterocycles. The second kappa shape index (κ2) is 4.41. The molecule has 124 valence electrons. The SMILES string of the molecule is CC1(C)N/C2=C3/CCC(C3)C3=C(C=N)CCN3c3ccc2n1c3=O. The molecule has 6 bridgehead atoms. The second-order valence-corrected chi connectivity index (χ2v) is 7.80. The van der Waals surface area contributed by atoms with Crippen LogP contribution in [0.15, 0.2) is 33.8 Å². The zero-order chi connectivity index (χ0) is 16.6. The molecule has 0 aromatic carbocycles. The van der Waals surface area contributed by atoms with Gasteiger partial charge >= 0.3 is 0 Å². The fraction of sp³-hybridized carbons (Fsp3) is 0.474. The van der Waals surface area contributed by atoms with Crippen LogP contribution >= 0.6 is 0 Å². The first kappa shape index (κ1) is 14.1. The van der Waals surface area contributed by atoms with Crippen molar-refractivity contribution in [1.82, 2.24) is 9.88 Å². The van der Waals surface area contributed by atoms with Gasteiger partial charge in [0.2, 0.25) is 0 Å². The summed E-state index contributed by atoms with van der Waals surface area (Å²) >= 11 is 0. The molecule has 6 rings (SSSR count). The molecule has 1 aromatic heterocycles. The van der Waals surface area contributed by atoms with E-state index in [1.165, 1.54) is 17.5 Å². The van der Waals surface area contributed by atoms with Crippen molar-refractivity contribution in [3.63, 3.8) is 0 Å². The fourth-order valence-electron chi connectivity index (χ4n) is 5.02. The van der Waals surface area contributed by atoms with Crippen LogP contribution in [-0.2, 0) is 5.66 Å². The Bertz CT molecular complexity index is 902. The minimum absolute atomic E-state index is 0.0747. The Hall–Kier alpha value is -2.30. The number of fused-ring (bicyclic) bond motifs is 1. The number of aromatic nitrogens is 1. The van der Waals surface area contributed by atoms with Crippen LogP contribution < -0.4 is 15.8 Å². The lowest BCUT2D eigenvalue weighted by molar-refractivity contribution is 0.335. The molecule has 1 fully saturated rings. The molecule has 1 aromatic rings. The van der Waals surface area contributed by atoms with Gasteiger partial charge in [0.25, 0.3) is 5.56 Å². The number of hydrogen-bond donors (Lipinski definition) is 2. The molecule has 1 aliphatic carbocycles. The lowest BCUT2D eigenvalue weighted by Crippen LogP contribution is -2.42. The summed E-state index contributed by atoms with van der Waals surface area (Å²) in [6.45, 7) is 4.96. The topological polar surface area (TPSA) is 61.1 Å². The average Bonchev–Trinajstić information content (AvgIpc) is 3.22. The third-order valence-electron chi connectivity index (χ3n) is 6.03. The van der Waals surface area contributed by atoms with Gasteiger partial charge in [-0.25, -0.2) is 0 Å². The minimum atomic E-state index is -0.402. The molecule has 4 aliphatic heterocycles. The smallest absolute Gasteiger partial charge is 0.276 e. The van der Waals surface area contributed by atoms with Crippen molar-refractivity contribution in [2.45, 2.75) is 45.2 Å². The van der Waals surface area contributed by atoms with E-state index in [4.69, 9.17) is 5.41 Å². The molecule has 1 unspecified atom stereocenters. The zero-order valence-electron chi connectivity index (χ0n) is 14.1. The van der Waals surface area contributed by atoms with Crippen LogP contribution in [0.25, 0.3) is 5.70 Å². The van der Waals surface area contributed by atoms with Gasteiger partial charge in [0.05, 0.1) is 11.4 Å². The van der Waals surface area contributed by atoms with Crippen molar-refractivity contribution in [2.24, 2.45) is 5.92 Å². The average molecular weight is 322 g/mol. The maximum atomic E-state index is 13.3. The molecular weight excluding hydrogens is 300 g/mol. The maximum absolute atomic E-state index is 13.3. The third-order valence-corrected chi connectivity index (χ3v) is 6.03. The van der Waals surface area contributed by atoms with Gasteiger partial charge in [-0.3, -0.25) is 9.36 Å². The molecule has 5 nitrogen and oxygen atoms in total. The van der Waals surface area contributed by atoms with Crippen molar-refractivity contribution in [3.8, 4) is 0 Å². The molecule has 0 spiro atoms. The number of nitrogens with one attached hydrogen (secondary N) is 2. The predicted octanol–water partition coefficient (Wildman–Crippen LogP) is 2.78. The van der Waals surface area contributed by atoms with Crippen LogP contribution in [0, 0.1) is 11.3 Å².